The van der Waals surface area contributed by atoms with Crippen LogP contribution in [-0.4, -0.2) is 47.5 Å². The van der Waals surface area contributed by atoms with E-state index in [1.165, 1.54) is 5.69 Å². The monoisotopic (exact) mass is 327 g/mol. The maximum Gasteiger partial charge on any atom is 0.262 e. The van der Waals surface area contributed by atoms with E-state index in [2.05, 4.69) is 42.7 Å². The maximum absolute atomic E-state index is 12.1. The van der Waals surface area contributed by atoms with Crippen LogP contribution in [0.3, 0.4) is 0 Å². The SMILES string of the molecule is Cc1cc(C)n(C2CCN(Cc3nc4c(cnn4C)c(=O)[nH]3)C2)n1. The van der Waals surface area contributed by atoms with Crippen molar-refractivity contribution in [1.82, 2.24) is 34.4 Å². The molecule has 1 N–H and O–H groups in total. The average Bonchev–Trinajstić information content (AvgIpc) is 3.20. The summed E-state index contributed by atoms with van der Waals surface area (Å²) in [6, 6.07) is 2.49. The zero-order valence-electron chi connectivity index (χ0n) is 14.2. The third kappa shape index (κ3) is 2.52. The summed E-state index contributed by atoms with van der Waals surface area (Å²) in [5.74, 6) is 0.685. The van der Waals surface area contributed by atoms with E-state index >= 15 is 0 Å². The molecule has 1 atom stereocenters. The van der Waals surface area contributed by atoms with Gasteiger partial charge in [0.1, 0.15) is 11.2 Å². The van der Waals surface area contributed by atoms with Crippen molar-refractivity contribution in [2.24, 2.45) is 7.05 Å². The summed E-state index contributed by atoms with van der Waals surface area (Å²) in [6.07, 6.45) is 2.61. The predicted molar refractivity (Wildman–Crippen MR) is 89.8 cm³/mol. The molecule has 1 aliphatic heterocycles. The molecule has 0 aromatic carbocycles. The van der Waals surface area contributed by atoms with Crippen molar-refractivity contribution in [1.29, 1.82) is 0 Å². The highest BCUT2D eigenvalue weighted by Crippen LogP contribution is 2.23. The lowest BCUT2D eigenvalue weighted by atomic mass is 10.2. The standard InChI is InChI=1S/C16H21N7O/c1-10-6-11(2)23(20-10)12-4-5-22(8-12)9-14-18-15-13(16(24)19-14)7-17-21(15)3/h6-7,12H,4-5,8-9H2,1-3H3,(H,18,19,24). The molecule has 0 spiro atoms. The van der Waals surface area contributed by atoms with Gasteiger partial charge in [0.05, 0.1) is 24.5 Å². The van der Waals surface area contributed by atoms with Gasteiger partial charge in [-0.05, 0) is 26.3 Å². The number of hydrogen-bond acceptors (Lipinski definition) is 5. The topological polar surface area (TPSA) is 84.6 Å². The Morgan fingerprint density at radius 3 is 2.96 bits per heavy atom. The highest BCUT2D eigenvalue weighted by Gasteiger charge is 2.26. The van der Waals surface area contributed by atoms with Crippen molar-refractivity contribution >= 4 is 11.0 Å². The predicted octanol–water partition coefficient (Wildman–Crippen LogP) is 0.917. The minimum atomic E-state index is -0.127. The van der Waals surface area contributed by atoms with Crippen LogP contribution in [0.5, 0.6) is 0 Å². The fourth-order valence-electron chi connectivity index (χ4n) is 3.54. The first-order valence-corrected chi connectivity index (χ1v) is 8.17. The number of aromatic amines is 1. The van der Waals surface area contributed by atoms with Gasteiger partial charge in [-0.15, -0.1) is 0 Å². The molecule has 4 rings (SSSR count). The second-order valence-electron chi connectivity index (χ2n) is 6.57. The van der Waals surface area contributed by atoms with E-state index in [0.717, 1.165) is 25.2 Å². The number of likely N-dealkylation sites (tertiary alicyclic amines) is 1. The first-order chi connectivity index (χ1) is 11.5. The summed E-state index contributed by atoms with van der Waals surface area (Å²) in [7, 11) is 1.80. The molecule has 1 saturated heterocycles. The molecule has 1 unspecified atom stereocenters. The Bertz CT molecular complexity index is 951. The number of fused-ring (bicyclic) bond motifs is 1. The van der Waals surface area contributed by atoms with Gasteiger partial charge in [-0.3, -0.25) is 19.1 Å². The average molecular weight is 327 g/mol. The summed E-state index contributed by atoms with van der Waals surface area (Å²) in [6.45, 7) is 6.63. The second kappa shape index (κ2) is 5.55. The summed E-state index contributed by atoms with van der Waals surface area (Å²) < 4.78 is 3.76. The van der Waals surface area contributed by atoms with Crippen LogP contribution in [0.25, 0.3) is 11.0 Å². The van der Waals surface area contributed by atoms with Crippen molar-refractivity contribution in [3.05, 3.63) is 39.8 Å². The van der Waals surface area contributed by atoms with E-state index < -0.39 is 0 Å². The third-order valence-electron chi connectivity index (χ3n) is 4.66. The lowest BCUT2D eigenvalue weighted by molar-refractivity contribution is 0.303. The zero-order chi connectivity index (χ0) is 16.8. The number of nitrogens with one attached hydrogen (secondary N) is 1. The quantitative estimate of drug-likeness (QED) is 0.773. The van der Waals surface area contributed by atoms with Crippen LogP contribution in [0, 0.1) is 13.8 Å². The molecule has 8 heteroatoms. The molecule has 8 nitrogen and oxygen atoms in total. The van der Waals surface area contributed by atoms with Crippen LogP contribution in [0.1, 0.15) is 29.7 Å². The first kappa shape index (κ1) is 15.1. The Morgan fingerprint density at radius 1 is 1.38 bits per heavy atom. The zero-order valence-corrected chi connectivity index (χ0v) is 14.2. The molecular weight excluding hydrogens is 306 g/mol. The Hall–Kier alpha value is -2.48. The summed E-state index contributed by atoms with van der Waals surface area (Å²) in [4.78, 5) is 21.9. The van der Waals surface area contributed by atoms with Crippen molar-refractivity contribution in [2.45, 2.75) is 32.9 Å². The molecule has 0 aliphatic carbocycles. The second-order valence-corrected chi connectivity index (χ2v) is 6.57. The molecule has 3 aromatic heterocycles. The van der Waals surface area contributed by atoms with Crippen LogP contribution in [0.2, 0.25) is 0 Å². The molecule has 0 radical (unpaired) electrons. The van der Waals surface area contributed by atoms with E-state index in [1.54, 1.807) is 17.9 Å². The van der Waals surface area contributed by atoms with Crippen molar-refractivity contribution in [2.75, 3.05) is 13.1 Å². The molecule has 4 heterocycles. The smallest absolute Gasteiger partial charge is 0.262 e. The van der Waals surface area contributed by atoms with Gasteiger partial charge in [-0.25, -0.2) is 4.98 Å². The molecule has 3 aromatic rings. The van der Waals surface area contributed by atoms with Crippen molar-refractivity contribution in [3.63, 3.8) is 0 Å². The van der Waals surface area contributed by atoms with Gasteiger partial charge in [0.2, 0.25) is 0 Å². The van der Waals surface area contributed by atoms with E-state index in [0.29, 0.717) is 29.4 Å². The highest BCUT2D eigenvalue weighted by molar-refractivity contribution is 5.72. The van der Waals surface area contributed by atoms with Crippen LogP contribution in [0.4, 0.5) is 0 Å². The Morgan fingerprint density at radius 2 is 2.21 bits per heavy atom. The molecule has 126 valence electrons. The molecule has 0 bridgehead atoms. The molecule has 1 fully saturated rings. The fourth-order valence-corrected chi connectivity index (χ4v) is 3.54. The lowest BCUT2D eigenvalue weighted by Crippen LogP contribution is -2.25. The third-order valence-corrected chi connectivity index (χ3v) is 4.66. The van der Waals surface area contributed by atoms with Gasteiger partial charge >= 0.3 is 0 Å². The minimum Gasteiger partial charge on any atom is -0.309 e. The van der Waals surface area contributed by atoms with Gasteiger partial charge in [0.25, 0.3) is 5.56 Å². The Balaban J connectivity index is 1.53. The summed E-state index contributed by atoms with van der Waals surface area (Å²) in [5, 5.41) is 9.23. The summed E-state index contributed by atoms with van der Waals surface area (Å²) >= 11 is 0. The van der Waals surface area contributed by atoms with E-state index in [-0.39, 0.29) is 5.56 Å². The van der Waals surface area contributed by atoms with Crippen molar-refractivity contribution < 1.29 is 0 Å². The van der Waals surface area contributed by atoms with Crippen LogP contribution >= 0.6 is 0 Å². The first-order valence-electron chi connectivity index (χ1n) is 8.17. The highest BCUT2D eigenvalue weighted by atomic mass is 16.1. The van der Waals surface area contributed by atoms with Gasteiger partial charge < -0.3 is 4.98 Å². The lowest BCUT2D eigenvalue weighted by Gasteiger charge is -2.16. The van der Waals surface area contributed by atoms with E-state index in [4.69, 9.17) is 0 Å². The molecule has 0 amide bonds. The largest absolute Gasteiger partial charge is 0.309 e. The minimum absolute atomic E-state index is 0.127. The fraction of sp³-hybridized carbons (Fsp3) is 0.500. The molecule has 1 aliphatic rings. The molecule has 24 heavy (non-hydrogen) atoms. The number of aryl methyl sites for hydroxylation is 3. The number of aromatic nitrogens is 6. The Kier molecular flexibility index (Phi) is 3.49. The molecular formula is C16H21N7O. The molecule has 0 saturated carbocycles. The van der Waals surface area contributed by atoms with Gasteiger partial charge in [0.15, 0.2) is 5.65 Å². The van der Waals surface area contributed by atoms with E-state index in [1.807, 2.05) is 6.92 Å². The van der Waals surface area contributed by atoms with Gasteiger partial charge in [-0.2, -0.15) is 10.2 Å². The maximum atomic E-state index is 12.1. The number of nitrogens with zero attached hydrogens (tertiary/aromatic N) is 6. The van der Waals surface area contributed by atoms with Crippen LogP contribution in [-0.2, 0) is 13.6 Å². The van der Waals surface area contributed by atoms with Crippen LogP contribution in [0.15, 0.2) is 17.1 Å². The van der Waals surface area contributed by atoms with Crippen molar-refractivity contribution in [3.8, 4) is 0 Å². The normalized spacial score (nSPS) is 18.7. The number of H-pyrrole nitrogens is 1. The van der Waals surface area contributed by atoms with Gasteiger partial charge in [-0.1, -0.05) is 0 Å². The van der Waals surface area contributed by atoms with Gasteiger partial charge in [0, 0.05) is 25.8 Å². The number of hydrogen-bond donors (Lipinski definition) is 1. The Labute approximate surface area is 139 Å². The van der Waals surface area contributed by atoms with E-state index in [9.17, 15) is 4.79 Å². The summed E-state index contributed by atoms with van der Waals surface area (Å²) in [5.41, 5.74) is 2.75. The number of rotatable bonds is 3. The van der Waals surface area contributed by atoms with Crippen LogP contribution < -0.4 is 5.56 Å².